The summed E-state index contributed by atoms with van der Waals surface area (Å²) < 4.78 is 0.630. The molecule has 0 fully saturated rings. The molecular weight excluding hydrogens is 184 g/mol. The Kier molecular flexibility index (Phi) is 3.01. The zero-order chi connectivity index (χ0) is 10.7. The highest BCUT2D eigenvalue weighted by Gasteiger charge is 2.21. The second-order valence-corrected chi connectivity index (χ2v) is 2.98. The molecule has 1 aromatic heterocycles. The average molecular weight is 196 g/mol. The number of nitro groups is 1. The van der Waals surface area contributed by atoms with Gasteiger partial charge in [0.1, 0.15) is 0 Å². The molecule has 1 heterocycles. The van der Waals surface area contributed by atoms with Crippen molar-refractivity contribution in [2.75, 3.05) is 0 Å². The highest BCUT2D eigenvalue weighted by atomic mass is 16.6. The Labute approximate surface area is 81.7 Å². The zero-order valence-electron chi connectivity index (χ0n) is 8.19. The van der Waals surface area contributed by atoms with Gasteiger partial charge < -0.3 is 5.21 Å². The molecule has 0 saturated heterocycles. The van der Waals surface area contributed by atoms with Crippen molar-refractivity contribution in [1.29, 1.82) is 0 Å². The van der Waals surface area contributed by atoms with E-state index in [9.17, 15) is 15.3 Å². The van der Waals surface area contributed by atoms with E-state index in [0.717, 1.165) is 0 Å². The molecule has 0 spiro atoms. The fraction of sp³-hybridized carbons (Fsp3) is 0.444. The third kappa shape index (κ3) is 1.81. The van der Waals surface area contributed by atoms with Gasteiger partial charge in [0.05, 0.1) is 16.1 Å². The molecule has 0 unspecified atom stereocenters. The number of aromatic nitrogens is 1. The van der Waals surface area contributed by atoms with Crippen LogP contribution >= 0.6 is 0 Å². The summed E-state index contributed by atoms with van der Waals surface area (Å²) in [6, 6.07) is 0. The quantitative estimate of drug-likeness (QED) is 0.317. The van der Waals surface area contributed by atoms with E-state index in [-0.39, 0.29) is 5.69 Å². The number of nitrogens with zero attached hydrogens (tertiary/aromatic N) is 2. The second kappa shape index (κ2) is 4.04. The Morgan fingerprint density at radius 3 is 2.00 bits per heavy atom. The summed E-state index contributed by atoms with van der Waals surface area (Å²) in [5.74, 6) is 0. The van der Waals surface area contributed by atoms with Crippen LogP contribution in [0.1, 0.15) is 25.0 Å². The highest BCUT2D eigenvalue weighted by molar-refractivity contribution is 5.44. The molecule has 14 heavy (non-hydrogen) atoms. The Bertz CT molecular complexity index is 338. The summed E-state index contributed by atoms with van der Waals surface area (Å²) in [5.41, 5.74) is 1.07. The van der Waals surface area contributed by atoms with Crippen LogP contribution in [0.4, 0.5) is 5.69 Å². The average Bonchev–Trinajstić information content (AvgIpc) is 2.15. The lowest BCUT2D eigenvalue weighted by atomic mass is 10.1. The minimum Gasteiger partial charge on any atom is -0.619 e. The van der Waals surface area contributed by atoms with Crippen LogP contribution in [0.2, 0.25) is 0 Å². The second-order valence-electron chi connectivity index (χ2n) is 2.98. The zero-order valence-corrected chi connectivity index (χ0v) is 8.19. The van der Waals surface area contributed by atoms with Crippen molar-refractivity contribution in [3.63, 3.8) is 0 Å². The summed E-state index contributed by atoms with van der Waals surface area (Å²) >= 11 is 0. The van der Waals surface area contributed by atoms with E-state index in [2.05, 4.69) is 0 Å². The van der Waals surface area contributed by atoms with Crippen LogP contribution in [0.3, 0.4) is 0 Å². The number of hydrogen-bond acceptors (Lipinski definition) is 3. The van der Waals surface area contributed by atoms with Gasteiger partial charge >= 0.3 is 0 Å². The fourth-order valence-electron chi connectivity index (χ4n) is 1.42. The van der Waals surface area contributed by atoms with Crippen molar-refractivity contribution in [1.82, 2.24) is 0 Å². The first-order valence-electron chi connectivity index (χ1n) is 4.49. The smallest absolute Gasteiger partial charge is 0.287 e. The van der Waals surface area contributed by atoms with Crippen LogP contribution in [0.15, 0.2) is 12.4 Å². The van der Waals surface area contributed by atoms with Gasteiger partial charge in [-0.2, -0.15) is 4.73 Å². The first-order chi connectivity index (χ1) is 6.60. The molecule has 5 heteroatoms. The predicted molar refractivity (Wildman–Crippen MR) is 50.8 cm³/mol. The van der Waals surface area contributed by atoms with Crippen molar-refractivity contribution in [2.24, 2.45) is 0 Å². The van der Waals surface area contributed by atoms with Crippen LogP contribution < -0.4 is 4.73 Å². The lowest BCUT2D eigenvalue weighted by molar-refractivity contribution is -0.607. The van der Waals surface area contributed by atoms with Gasteiger partial charge in [-0.15, -0.1) is 0 Å². The number of pyridine rings is 1. The summed E-state index contributed by atoms with van der Waals surface area (Å²) in [5, 5.41) is 21.9. The van der Waals surface area contributed by atoms with Crippen molar-refractivity contribution < 1.29 is 9.65 Å². The van der Waals surface area contributed by atoms with Crippen molar-refractivity contribution in [3.8, 4) is 0 Å². The Hall–Kier alpha value is -1.65. The molecule has 0 aromatic carbocycles. The lowest BCUT2D eigenvalue weighted by Crippen LogP contribution is -2.27. The van der Waals surface area contributed by atoms with Gasteiger partial charge in [-0.25, -0.2) is 0 Å². The van der Waals surface area contributed by atoms with E-state index in [1.807, 2.05) is 0 Å². The van der Waals surface area contributed by atoms with Gasteiger partial charge in [0.15, 0.2) is 12.4 Å². The molecule has 1 rings (SSSR count). The van der Waals surface area contributed by atoms with Gasteiger partial charge in [0, 0.05) is 0 Å². The van der Waals surface area contributed by atoms with Gasteiger partial charge in [-0.1, -0.05) is 13.8 Å². The van der Waals surface area contributed by atoms with Crippen LogP contribution in [0.25, 0.3) is 0 Å². The van der Waals surface area contributed by atoms with Crippen molar-refractivity contribution in [2.45, 2.75) is 26.7 Å². The summed E-state index contributed by atoms with van der Waals surface area (Å²) in [6.07, 6.45) is 3.51. The SMILES string of the molecule is CCc1c[n+]([O-])cc(CC)c1[N+](=O)[O-]. The molecule has 1 aromatic rings. The van der Waals surface area contributed by atoms with Gasteiger partial charge in [-0.3, -0.25) is 10.1 Å². The largest absolute Gasteiger partial charge is 0.619 e. The van der Waals surface area contributed by atoms with E-state index in [0.29, 0.717) is 28.7 Å². The third-order valence-electron chi connectivity index (χ3n) is 2.12. The first-order valence-corrected chi connectivity index (χ1v) is 4.49. The third-order valence-corrected chi connectivity index (χ3v) is 2.12. The maximum Gasteiger partial charge on any atom is 0.287 e. The predicted octanol–water partition coefficient (Wildman–Crippen LogP) is 1.35. The minimum absolute atomic E-state index is 0.0853. The molecule has 0 radical (unpaired) electrons. The highest BCUT2D eigenvalue weighted by Crippen LogP contribution is 2.22. The van der Waals surface area contributed by atoms with Gasteiger partial charge in [0.25, 0.3) is 5.69 Å². The van der Waals surface area contributed by atoms with Gasteiger partial charge in [0.2, 0.25) is 0 Å². The Balaban J connectivity index is 3.40. The standard InChI is InChI=1S/C9H12N2O3/c1-3-7-5-10(12)6-8(4-2)9(7)11(13)14/h5-6H,3-4H2,1-2H3. The molecule has 0 amide bonds. The molecule has 5 nitrogen and oxygen atoms in total. The van der Waals surface area contributed by atoms with Crippen LogP contribution in [0.5, 0.6) is 0 Å². The first kappa shape index (κ1) is 10.4. The molecular formula is C9H12N2O3. The van der Waals surface area contributed by atoms with Crippen LogP contribution in [-0.4, -0.2) is 4.92 Å². The number of aryl methyl sites for hydroxylation is 2. The van der Waals surface area contributed by atoms with Crippen LogP contribution in [-0.2, 0) is 12.8 Å². The maximum absolute atomic E-state index is 11.1. The summed E-state index contributed by atoms with van der Waals surface area (Å²) in [6.45, 7) is 3.59. The van der Waals surface area contributed by atoms with Gasteiger partial charge in [-0.05, 0) is 12.8 Å². The Morgan fingerprint density at radius 2 is 1.71 bits per heavy atom. The van der Waals surface area contributed by atoms with E-state index < -0.39 is 4.92 Å². The topological polar surface area (TPSA) is 70.1 Å². The lowest BCUT2D eigenvalue weighted by Gasteiger charge is -2.04. The molecule has 0 aliphatic heterocycles. The Morgan fingerprint density at radius 1 is 1.29 bits per heavy atom. The maximum atomic E-state index is 11.1. The molecule has 76 valence electrons. The van der Waals surface area contributed by atoms with Crippen molar-refractivity contribution >= 4 is 5.69 Å². The molecule has 0 aliphatic carbocycles. The van der Waals surface area contributed by atoms with E-state index in [1.165, 1.54) is 12.4 Å². The van der Waals surface area contributed by atoms with Crippen molar-refractivity contribution in [3.05, 3.63) is 38.8 Å². The normalized spacial score (nSPS) is 10.1. The monoisotopic (exact) mass is 196 g/mol. The molecule has 0 atom stereocenters. The number of rotatable bonds is 3. The number of hydrogen-bond donors (Lipinski definition) is 0. The molecule has 0 aliphatic rings. The summed E-state index contributed by atoms with van der Waals surface area (Å²) in [7, 11) is 0. The molecule has 0 saturated carbocycles. The van der Waals surface area contributed by atoms with E-state index in [4.69, 9.17) is 0 Å². The van der Waals surface area contributed by atoms with E-state index >= 15 is 0 Å². The molecule has 0 bridgehead atoms. The van der Waals surface area contributed by atoms with Crippen LogP contribution in [0, 0.1) is 15.3 Å². The minimum atomic E-state index is -0.419. The molecule has 0 N–H and O–H groups in total. The van der Waals surface area contributed by atoms with E-state index in [1.54, 1.807) is 13.8 Å². The summed E-state index contributed by atoms with van der Waals surface area (Å²) in [4.78, 5) is 10.3. The fourth-order valence-corrected chi connectivity index (χ4v) is 1.42.